The molecule has 1 heterocycles. The molecule has 60 valence electrons. The van der Waals surface area contributed by atoms with Crippen molar-refractivity contribution in [3.63, 3.8) is 0 Å². The molecule has 0 saturated carbocycles. The lowest BCUT2D eigenvalue weighted by Crippen LogP contribution is -2.02. The van der Waals surface area contributed by atoms with Gasteiger partial charge < -0.3 is 9.72 Å². The Morgan fingerprint density at radius 2 is 2.45 bits per heavy atom. The normalized spacial score (nSPS) is 9.64. The Hall–Kier alpha value is -1.25. The van der Waals surface area contributed by atoms with Gasteiger partial charge in [-0.25, -0.2) is 4.79 Å². The first-order valence-electron chi connectivity index (χ1n) is 3.54. The van der Waals surface area contributed by atoms with Crippen LogP contribution in [0.1, 0.15) is 23.0 Å². The minimum Gasteiger partial charge on any atom is -0.465 e. The summed E-state index contributed by atoms with van der Waals surface area (Å²) in [5.74, 6) is -0.275. The van der Waals surface area contributed by atoms with Crippen molar-refractivity contribution >= 4 is 5.97 Å². The van der Waals surface area contributed by atoms with E-state index in [9.17, 15) is 4.79 Å². The number of rotatable bonds is 2. The Balaban J connectivity index is 2.92. The van der Waals surface area contributed by atoms with Crippen molar-refractivity contribution in [2.45, 2.75) is 13.3 Å². The third-order valence-corrected chi connectivity index (χ3v) is 1.59. The molecule has 0 radical (unpaired) electrons. The van der Waals surface area contributed by atoms with Crippen LogP contribution in [-0.4, -0.2) is 18.1 Å². The molecule has 0 aromatic carbocycles. The molecule has 1 N–H and O–H groups in total. The van der Waals surface area contributed by atoms with Gasteiger partial charge in [-0.15, -0.1) is 0 Å². The summed E-state index contributed by atoms with van der Waals surface area (Å²) >= 11 is 0. The predicted molar refractivity (Wildman–Crippen MR) is 41.5 cm³/mol. The van der Waals surface area contributed by atoms with Crippen LogP contribution in [-0.2, 0) is 11.2 Å². The predicted octanol–water partition coefficient (Wildman–Crippen LogP) is 1.36. The number of H-pyrrole nitrogens is 1. The minimum absolute atomic E-state index is 0.275. The van der Waals surface area contributed by atoms with E-state index in [1.807, 2.05) is 6.92 Å². The van der Waals surface area contributed by atoms with E-state index in [-0.39, 0.29) is 5.97 Å². The molecule has 0 aliphatic heterocycles. The van der Waals surface area contributed by atoms with Crippen LogP contribution in [0.2, 0.25) is 0 Å². The quantitative estimate of drug-likeness (QED) is 0.652. The van der Waals surface area contributed by atoms with Gasteiger partial charge in [0.25, 0.3) is 0 Å². The highest BCUT2D eigenvalue weighted by molar-refractivity contribution is 5.90. The Bertz CT molecular complexity index is 252. The second kappa shape index (κ2) is 3.23. The molecule has 0 unspecified atom stereocenters. The third-order valence-electron chi connectivity index (χ3n) is 1.59. The summed E-state index contributed by atoms with van der Waals surface area (Å²) in [5, 5.41) is 0. The average Bonchev–Trinajstić information content (AvgIpc) is 2.50. The Kier molecular flexibility index (Phi) is 2.31. The summed E-state index contributed by atoms with van der Waals surface area (Å²) in [6, 6.07) is 1.73. The lowest BCUT2D eigenvalue weighted by Gasteiger charge is -1.97. The number of carbonyl (C=O) groups excluding carboxylic acids is 1. The largest absolute Gasteiger partial charge is 0.465 e. The van der Waals surface area contributed by atoms with Crippen molar-refractivity contribution in [3.8, 4) is 0 Å². The van der Waals surface area contributed by atoms with E-state index in [0.29, 0.717) is 5.56 Å². The molecular formula is C8H11NO2. The van der Waals surface area contributed by atoms with E-state index in [4.69, 9.17) is 0 Å². The maximum atomic E-state index is 11.0. The van der Waals surface area contributed by atoms with Gasteiger partial charge in [-0.05, 0) is 12.5 Å². The van der Waals surface area contributed by atoms with Gasteiger partial charge in [0.2, 0.25) is 0 Å². The van der Waals surface area contributed by atoms with E-state index in [2.05, 4.69) is 9.72 Å². The van der Waals surface area contributed by atoms with Crippen molar-refractivity contribution in [1.29, 1.82) is 0 Å². The first kappa shape index (κ1) is 7.85. The molecule has 11 heavy (non-hydrogen) atoms. The molecule has 0 spiro atoms. The zero-order valence-electron chi connectivity index (χ0n) is 6.68. The smallest absolute Gasteiger partial charge is 0.339 e. The summed E-state index contributed by atoms with van der Waals surface area (Å²) < 4.78 is 4.58. The molecule has 3 heteroatoms. The first-order chi connectivity index (χ1) is 5.29. The molecule has 1 aromatic rings. The van der Waals surface area contributed by atoms with E-state index >= 15 is 0 Å². The van der Waals surface area contributed by atoms with Crippen LogP contribution in [0.3, 0.4) is 0 Å². The number of aromatic amines is 1. The monoisotopic (exact) mass is 153 g/mol. The molecule has 0 aliphatic rings. The number of hydrogen-bond acceptors (Lipinski definition) is 2. The fourth-order valence-electron chi connectivity index (χ4n) is 0.998. The lowest BCUT2D eigenvalue weighted by molar-refractivity contribution is 0.0600. The van der Waals surface area contributed by atoms with Crippen molar-refractivity contribution in [2.24, 2.45) is 0 Å². The van der Waals surface area contributed by atoms with Crippen molar-refractivity contribution in [3.05, 3.63) is 23.5 Å². The number of hydrogen-bond donors (Lipinski definition) is 1. The number of nitrogens with one attached hydrogen (secondary N) is 1. The van der Waals surface area contributed by atoms with E-state index < -0.39 is 0 Å². The SMILES string of the molecule is CCc1[nH]ccc1C(=O)OC. The molecule has 3 nitrogen and oxygen atoms in total. The molecule has 1 rings (SSSR count). The summed E-state index contributed by atoms with van der Waals surface area (Å²) in [4.78, 5) is 14.0. The number of methoxy groups -OCH3 is 1. The van der Waals surface area contributed by atoms with Gasteiger partial charge in [-0.3, -0.25) is 0 Å². The highest BCUT2D eigenvalue weighted by atomic mass is 16.5. The summed E-state index contributed by atoms with van der Waals surface area (Å²) in [6.07, 6.45) is 2.56. The van der Waals surface area contributed by atoms with Crippen LogP contribution in [0.5, 0.6) is 0 Å². The van der Waals surface area contributed by atoms with Gasteiger partial charge >= 0.3 is 5.97 Å². The van der Waals surface area contributed by atoms with Gasteiger partial charge in [-0.1, -0.05) is 6.92 Å². The second-order valence-electron chi connectivity index (χ2n) is 2.22. The van der Waals surface area contributed by atoms with Gasteiger partial charge in [0, 0.05) is 11.9 Å². The topological polar surface area (TPSA) is 42.1 Å². The fourth-order valence-corrected chi connectivity index (χ4v) is 0.998. The number of carbonyl (C=O) groups is 1. The zero-order chi connectivity index (χ0) is 8.27. The van der Waals surface area contributed by atoms with Crippen LogP contribution >= 0.6 is 0 Å². The van der Waals surface area contributed by atoms with Gasteiger partial charge in [0.1, 0.15) is 0 Å². The van der Waals surface area contributed by atoms with E-state index in [0.717, 1.165) is 12.1 Å². The average molecular weight is 153 g/mol. The minimum atomic E-state index is -0.275. The van der Waals surface area contributed by atoms with Crippen LogP contribution in [0.25, 0.3) is 0 Å². The van der Waals surface area contributed by atoms with Crippen LogP contribution in [0, 0.1) is 0 Å². The summed E-state index contributed by atoms with van der Waals surface area (Å²) in [5.41, 5.74) is 1.56. The van der Waals surface area contributed by atoms with E-state index in [1.54, 1.807) is 12.3 Å². The molecule has 0 atom stereocenters. The van der Waals surface area contributed by atoms with Crippen LogP contribution < -0.4 is 0 Å². The Labute approximate surface area is 65.4 Å². The van der Waals surface area contributed by atoms with Gasteiger partial charge in [0.15, 0.2) is 0 Å². The number of aromatic nitrogens is 1. The maximum absolute atomic E-state index is 11.0. The maximum Gasteiger partial charge on any atom is 0.339 e. The summed E-state index contributed by atoms with van der Waals surface area (Å²) in [7, 11) is 1.38. The number of ether oxygens (including phenoxy) is 1. The highest BCUT2D eigenvalue weighted by Gasteiger charge is 2.09. The Morgan fingerprint density at radius 3 is 3.00 bits per heavy atom. The molecule has 0 fully saturated rings. The standard InChI is InChI=1S/C8H11NO2/c1-3-7-6(4-5-9-7)8(10)11-2/h4-5,9H,3H2,1-2H3. The molecule has 0 aliphatic carbocycles. The highest BCUT2D eigenvalue weighted by Crippen LogP contribution is 2.07. The lowest BCUT2D eigenvalue weighted by atomic mass is 10.2. The molecule has 0 amide bonds. The molecule has 0 saturated heterocycles. The third kappa shape index (κ3) is 1.42. The fraction of sp³-hybridized carbons (Fsp3) is 0.375. The zero-order valence-corrected chi connectivity index (χ0v) is 6.68. The van der Waals surface area contributed by atoms with Crippen LogP contribution in [0.4, 0.5) is 0 Å². The number of esters is 1. The van der Waals surface area contributed by atoms with Crippen molar-refractivity contribution in [1.82, 2.24) is 4.98 Å². The molecular weight excluding hydrogens is 142 g/mol. The van der Waals surface area contributed by atoms with Gasteiger partial charge in [0.05, 0.1) is 12.7 Å². The molecule has 1 aromatic heterocycles. The first-order valence-corrected chi connectivity index (χ1v) is 3.54. The molecule has 0 bridgehead atoms. The number of aryl methyl sites for hydroxylation is 1. The van der Waals surface area contributed by atoms with Crippen LogP contribution in [0.15, 0.2) is 12.3 Å². The van der Waals surface area contributed by atoms with E-state index in [1.165, 1.54) is 7.11 Å². The van der Waals surface area contributed by atoms with Crippen molar-refractivity contribution in [2.75, 3.05) is 7.11 Å². The van der Waals surface area contributed by atoms with Crippen molar-refractivity contribution < 1.29 is 9.53 Å². The Morgan fingerprint density at radius 1 is 1.73 bits per heavy atom. The van der Waals surface area contributed by atoms with Gasteiger partial charge in [-0.2, -0.15) is 0 Å². The second-order valence-corrected chi connectivity index (χ2v) is 2.22. The summed E-state index contributed by atoms with van der Waals surface area (Å²) in [6.45, 7) is 1.98.